The Morgan fingerprint density at radius 3 is 2.67 bits per heavy atom. The summed E-state index contributed by atoms with van der Waals surface area (Å²) in [7, 11) is 0. The summed E-state index contributed by atoms with van der Waals surface area (Å²) in [6.45, 7) is 1.83. The van der Waals surface area contributed by atoms with E-state index in [1.807, 2.05) is 6.92 Å². The van der Waals surface area contributed by atoms with Crippen LogP contribution < -0.4 is 11.0 Å². The van der Waals surface area contributed by atoms with E-state index in [1.54, 1.807) is 18.2 Å². The monoisotopic (exact) mass is 203 g/mol. The van der Waals surface area contributed by atoms with Crippen molar-refractivity contribution in [2.45, 2.75) is 6.92 Å². The van der Waals surface area contributed by atoms with Crippen molar-refractivity contribution in [1.29, 1.82) is 0 Å². The largest absolute Gasteiger partial charge is 0.504 e. The van der Waals surface area contributed by atoms with E-state index in [0.717, 1.165) is 11.6 Å². The number of aromatic nitrogens is 1. The summed E-state index contributed by atoms with van der Waals surface area (Å²) in [6, 6.07) is 5.95. The highest BCUT2D eigenvalue weighted by molar-refractivity contribution is 5.79. The van der Waals surface area contributed by atoms with Crippen LogP contribution >= 0.6 is 0 Å². The maximum absolute atomic E-state index is 11.6. The van der Waals surface area contributed by atoms with Gasteiger partial charge in [0, 0.05) is 11.5 Å². The van der Waals surface area contributed by atoms with Crippen LogP contribution in [0.4, 0.5) is 0 Å². The predicted octanol–water partition coefficient (Wildman–Crippen LogP) is 0.902. The maximum Gasteiger partial charge on any atom is 0.252 e. The Balaban J connectivity index is 3.13. The van der Waals surface area contributed by atoms with Gasteiger partial charge in [0.25, 0.3) is 5.56 Å². The molecule has 15 heavy (non-hydrogen) atoms. The summed E-state index contributed by atoms with van der Waals surface area (Å²) in [6.07, 6.45) is 0. The van der Waals surface area contributed by atoms with Crippen LogP contribution in [0.5, 0.6) is 5.75 Å². The average Bonchev–Trinajstić information content (AvgIpc) is 2.27. The second-order valence-corrected chi connectivity index (χ2v) is 3.40. The van der Waals surface area contributed by atoms with E-state index in [4.69, 9.17) is 0 Å². The smallest absolute Gasteiger partial charge is 0.252 e. The third-order valence-electron chi connectivity index (χ3n) is 2.18. The molecule has 2 N–H and O–H groups in total. The van der Waals surface area contributed by atoms with Gasteiger partial charge >= 0.3 is 0 Å². The van der Waals surface area contributed by atoms with E-state index in [1.165, 1.54) is 0 Å². The number of aromatic hydroxyl groups is 1. The van der Waals surface area contributed by atoms with Crippen molar-refractivity contribution in [2.24, 2.45) is 0 Å². The number of aromatic amines is 1. The quantitative estimate of drug-likeness (QED) is 0.668. The lowest BCUT2D eigenvalue weighted by Gasteiger charge is -1.93. The number of nitrogens with one attached hydrogen (secondary N) is 1. The van der Waals surface area contributed by atoms with Crippen LogP contribution in [-0.2, 0) is 0 Å². The molecule has 0 fully saturated rings. The number of benzene rings is 1. The number of rotatable bonds is 0. The van der Waals surface area contributed by atoms with Crippen molar-refractivity contribution >= 4 is 10.9 Å². The van der Waals surface area contributed by atoms with Gasteiger partial charge in [-0.3, -0.25) is 9.59 Å². The zero-order valence-corrected chi connectivity index (χ0v) is 8.07. The van der Waals surface area contributed by atoms with Crippen molar-refractivity contribution in [2.75, 3.05) is 0 Å². The standard InChI is InChI=1S/C11H9NO3/c1-6-2-3-8-7(4-6)11(15)9(13)5-10(14)12-8/h2-5H,1H3,(H,12,14)(H,13,15). The fraction of sp³-hybridized carbons (Fsp3) is 0.0909. The lowest BCUT2D eigenvalue weighted by atomic mass is 10.1. The van der Waals surface area contributed by atoms with Crippen molar-refractivity contribution in [3.8, 4) is 5.75 Å². The van der Waals surface area contributed by atoms with Crippen LogP contribution in [0.3, 0.4) is 0 Å². The molecule has 1 heterocycles. The molecule has 0 aliphatic heterocycles. The molecule has 0 spiro atoms. The number of H-pyrrole nitrogens is 1. The first-order chi connectivity index (χ1) is 7.08. The summed E-state index contributed by atoms with van der Waals surface area (Å²) in [5, 5.41) is 9.63. The van der Waals surface area contributed by atoms with Gasteiger partial charge in [0.2, 0.25) is 5.43 Å². The Kier molecular flexibility index (Phi) is 2.04. The molecule has 2 rings (SSSR count). The molecule has 1 aromatic carbocycles. The number of hydrogen-bond acceptors (Lipinski definition) is 3. The summed E-state index contributed by atoms with van der Waals surface area (Å²) in [5.41, 5.74) is 0.289. The molecule has 4 nitrogen and oxygen atoms in total. The van der Waals surface area contributed by atoms with Gasteiger partial charge in [0.1, 0.15) is 0 Å². The lowest BCUT2D eigenvalue weighted by molar-refractivity contribution is 0.471. The van der Waals surface area contributed by atoms with Crippen molar-refractivity contribution in [3.05, 3.63) is 50.4 Å². The topological polar surface area (TPSA) is 70.2 Å². The molecule has 4 heteroatoms. The van der Waals surface area contributed by atoms with Gasteiger partial charge in [-0.15, -0.1) is 0 Å². The van der Waals surface area contributed by atoms with Crippen LogP contribution in [0.2, 0.25) is 0 Å². The first-order valence-electron chi connectivity index (χ1n) is 4.45. The zero-order valence-electron chi connectivity index (χ0n) is 8.07. The zero-order chi connectivity index (χ0) is 11.0. The lowest BCUT2D eigenvalue weighted by Crippen LogP contribution is -1.98. The van der Waals surface area contributed by atoms with E-state index >= 15 is 0 Å². The van der Waals surface area contributed by atoms with Gasteiger partial charge in [-0.05, 0) is 19.1 Å². The Morgan fingerprint density at radius 2 is 1.93 bits per heavy atom. The molecule has 0 saturated carbocycles. The Hall–Kier alpha value is -2.10. The molecule has 0 aliphatic rings. The molecule has 0 saturated heterocycles. The molecule has 76 valence electrons. The molecular weight excluding hydrogens is 194 g/mol. The van der Waals surface area contributed by atoms with Gasteiger partial charge < -0.3 is 10.1 Å². The van der Waals surface area contributed by atoms with Crippen LogP contribution in [-0.4, -0.2) is 10.1 Å². The first-order valence-corrected chi connectivity index (χ1v) is 4.45. The second-order valence-electron chi connectivity index (χ2n) is 3.40. The van der Waals surface area contributed by atoms with Crippen LogP contribution in [0.25, 0.3) is 10.9 Å². The molecule has 0 atom stereocenters. The Labute approximate surface area is 84.8 Å². The summed E-state index contributed by atoms with van der Waals surface area (Å²) < 4.78 is 0. The molecule has 0 radical (unpaired) electrons. The van der Waals surface area contributed by atoms with Crippen LogP contribution in [0.1, 0.15) is 5.56 Å². The SMILES string of the molecule is Cc1ccc2[nH]c(=O)cc(O)c(=O)c2c1. The van der Waals surface area contributed by atoms with Gasteiger partial charge in [-0.25, -0.2) is 0 Å². The van der Waals surface area contributed by atoms with Gasteiger partial charge in [0.05, 0.1) is 5.52 Å². The Bertz CT molecular complexity index is 643. The van der Waals surface area contributed by atoms with Gasteiger partial charge in [-0.2, -0.15) is 0 Å². The minimum absolute atomic E-state index is 0.314. The Morgan fingerprint density at radius 1 is 1.20 bits per heavy atom. The maximum atomic E-state index is 11.6. The third-order valence-corrected chi connectivity index (χ3v) is 2.18. The fourth-order valence-corrected chi connectivity index (χ4v) is 1.45. The molecule has 1 aromatic heterocycles. The minimum atomic E-state index is -0.535. The van der Waals surface area contributed by atoms with E-state index in [2.05, 4.69) is 4.98 Å². The van der Waals surface area contributed by atoms with E-state index < -0.39 is 16.7 Å². The second kappa shape index (κ2) is 3.24. The third kappa shape index (κ3) is 1.61. The minimum Gasteiger partial charge on any atom is -0.504 e. The van der Waals surface area contributed by atoms with E-state index in [0.29, 0.717) is 10.9 Å². The van der Waals surface area contributed by atoms with Gasteiger partial charge in [-0.1, -0.05) is 11.6 Å². The summed E-state index contributed by atoms with van der Waals surface area (Å²) in [4.78, 5) is 25.3. The van der Waals surface area contributed by atoms with Crippen LogP contribution in [0.15, 0.2) is 33.9 Å². The number of aryl methyl sites for hydroxylation is 1. The molecule has 0 amide bonds. The molecule has 0 unspecified atom stereocenters. The highest BCUT2D eigenvalue weighted by Gasteiger charge is 2.03. The first kappa shape index (κ1) is 9.45. The van der Waals surface area contributed by atoms with Crippen molar-refractivity contribution < 1.29 is 5.11 Å². The average molecular weight is 203 g/mol. The highest BCUT2D eigenvalue weighted by atomic mass is 16.3. The van der Waals surface area contributed by atoms with Crippen LogP contribution in [0, 0.1) is 6.92 Å². The van der Waals surface area contributed by atoms with E-state index in [-0.39, 0.29) is 0 Å². The highest BCUT2D eigenvalue weighted by Crippen LogP contribution is 2.09. The summed E-state index contributed by atoms with van der Waals surface area (Å²) >= 11 is 0. The van der Waals surface area contributed by atoms with Crippen molar-refractivity contribution in [3.63, 3.8) is 0 Å². The number of fused-ring (bicyclic) bond motifs is 1. The molecule has 2 aromatic rings. The van der Waals surface area contributed by atoms with Gasteiger partial charge in [0.15, 0.2) is 5.75 Å². The fourth-order valence-electron chi connectivity index (χ4n) is 1.45. The normalized spacial score (nSPS) is 10.5. The number of hydrogen-bond donors (Lipinski definition) is 2. The molecular formula is C11H9NO3. The van der Waals surface area contributed by atoms with E-state index in [9.17, 15) is 14.7 Å². The summed E-state index contributed by atoms with van der Waals surface area (Å²) in [5.74, 6) is -0.531. The van der Waals surface area contributed by atoms with Crippen molar-refractivity contribution in [1.82, 2.24) is 4.98 Å². The molecule has 0 aliphatic carbocycles. The predicted molar refractivity (Wildman–Crippen MR) is 57.2 cm³/mol. The molecule has 0 bridgehead atoms.